The van der Waals surface area contributed by atoms with E-state index in [2.05, 4.69) is 4.98 Å². The monoisotopic (exact) mass is 256 g/mol. The van der Waals surface area contributed by atoms with Crippen LogP contribution < -0.4 is 0 Å². The third-order valence-electron chi connectivity index (χ3n) is 2.97. The van der Waals surface area contributed by atoms with Gasteiger partial charge in [0.1, 0.15) is 5.82 Å². The van der Waals surface area contributed by atoms with Gasteiger partial charge in [0.15, 0.2) is 0 Å². The minimum atomic E-state index is -0.427. The predicted octanol–water partition coefficient (Wildman–Crippen LogP) is 3.88. The zero-order valence-electron chi connectivity index (χ0n) is 9.76. The molecule has 3 rings (SSSR count). The van der Waals surface area contributed by atoms with Crippen molar-refractivity contribution in [2.45, 2.75) is 0 Å². The lowest BCUT2D eigenvalue weighted by Crippen LogP contribution is -1.86. The van der Waals surface area contributed by atoms with Crippen molar-refractivity contribution in [3.8, 4) is 11.3 Å². The van der Waals surface area contributed by atoms with Crippen LogP contribution in [-0.4, -0.2) is 9.91 Å². The molecule has 0 aliphatic carbocycles. The fraction of sp³-hybridized carbons (Fsp3) is 0. The molecule has 0 bridgehead atoms. The normalized spacial score (nSPS) is 10.8. The van der Waals surface area contributed by atoms with E-state index in [1.807, 2.05) is 6.07 Å². The molecule has 0 unspecified atom stereocenters. The van der Waals surface area contributed by atoms with E-state index in [9.17, 15) is 14.5 Å². The van der Waals surface area contributed by atoms with Gasteiger partial charge in [-0.05, 0) is 42.0 Å². The van der Waals surface area contributed by atoms with Crippen molar-refractivity contribution in [2.24, 2.45) is 0 Å². The molecule has 0 fully saturated rings. The Bertz CT molecular complexity index is 763. The minimum Gasteiger partial charge on any atom is -0.355 e. The molecule has 1 aromatic heterocycles. The number of fused-ring (bicyclic) bond motifs is 1. The molecule has 5 heteroatoms. The highest BCUT2D eigenvalue weighted by Crippen LogP contribution is 2.26. The zero-order chi connectivity index (χ0) is 13.4. The fourth-order valence-corrected chi connectivity index (χ4v) is 2.02. The molecular weight excluding hydrogens is 247 g/mol. The van der Waals surface area contributed by atoms with Gasteiger partial charge < -0.3 is 4.98 Å². The Labute approximate surface area is 107 Å². The van der Waals surface area contributed by atoms with Gasteiger partial charge in [-0.25, -0.2) is 4.39 Å². The summed E-state index contributed by atoms with van der Waals surface area (Å²) in [5, 5.41) is 11.5. The third kappa shape index (κ3) is 2.06. The molecule has 0 atom stereocenters. The summed E-state index contributed by atoms with van der Waals surface area (Å²) in [5.41, 5.74) is 2.50. The highest BCUT2D eigenvalue weighted by molar-refractivity contribution is 5.87. The summed E-state index contributed by atoms with van der Waals surface area (Å²) in [6, 6.07) is 12.5. The van der Waals surface area contributed by atoms with Crippen LogP contribution in [-0.2, 0) is 0 Å². The van der Waals surface area contributed by atoms with E-state index in [0.29, 0.717) is 0 Å². The van der Waals surface area contributed by atoms with Gasteiger partial charge in [-0.3, -0.25) is 10.1 Å². The van der Waals surface area contributed by atoms with Crippen LogP contribution in [0.4, 0.5) is 10.1 Å². The van der Waals surface area contributed by atoms with E-state index in [1.165, 1.54) is 24.3 Å². The van der Waals surface area contributed by atoms with Gasteiger partial charge in [0, 0.05) is 28.7 Å². The second-order valence-electron chi connectivity index (χ2n) is 4.22. The summed E-state index contributed by atoms with van der Waals surface area (Å²) in [4.78, 5) is 13.4. The summed E-state index contributed by atoms with van der Waals surface area (Å²) >= 11 is 0. The Morgan fingerprint density at radius 2 is 1.79 bits per heavy atom. The summed E-state index contributed by atoms with van der Waals surface area (Å²) in [7, 11) is 0. The number of aromatic amines is 1. The Hall–Kier alpha value is -2.69. The van der Waals surface area contributed by atoms with Crippen molar-refractivity contribution in [3.05, 3.63) is 64.5 Å². The maximum atomic E-state index is 12.9. The number of benzene rings is 2. The lowest BCUT2D eigenvalue weighted by Gasteiger charge is -1.96. The van der Waals surface area contributed by atoms with E-state index in [-0.39, 0.29) is 11.5 Å². The maximum Gasteiger partial charge on any atom is 0.270 e. The summed E-state index contributed by atoms with van der Waals surface area (Å²) in [6.07, 6.45) is 0. The fourth-order valence-electron chi connectivity index (χ4n) is 2.02. The molecule has 94 valence electrons. The van der Waals surface area contributed by atoms with Crippen LogP contribution in [0.5, 0.6) is 0 Å². The average Bonchev–Trinajstić information content (AvgIpc) is 2.82. The molecule has 1 heterocycles. The Balaban J connectivity index is 2.11. The van der Waals surface area contributed by atoms with Crippen molar-refractivity contribution in [1.82, 2.24) is 4.98 Å². The van der Waals surface area contributed by atoms with Crippen LogP contribution in [0.25, 0.3) is 22.2 Å². The van der Waals surface area contributed by atoms with Crippen LogP contribution >= 0.6 is 0 Å². The molecule has 4 nitrogen and oxygen atoms in total. The number of non-ortho nitro benzene ring substituents is 1. The number of aromatic nitrogens is 1. The summed E-state index contributed by atoms with van der Waals surface area (Å²) < 4.78 is 12.9. The van der Waals surface area contributed by atoms with Gasteiger partial charge in [-0.1, -0.05) is 0 Å². The van der Waals surface area contributed by atoms with Crippen molar-refractivity contribution in [3.63, 3.8) is 0 Å². The first-order valence-corrected chi connectivity index (χ1v) is 5.66. The van der Waals surface area contributed by atoms with E-state index >= 15 is 0 Å². The molecule has 3 aromatic rings. The molecule has 0 saturated heterocycles. The molecule has 0 spiro atoms. The van der Waals surface area contributed by atoms with Crippen LogP contribution in [0, 0.1) is 15.9 Å². The summed E-state index contributed by atoms with van der Waals surface area (Å²) in [5.74, 6) is -0.296. The first-order chi connectivity index (χ1) is 9.13. The first kappa shape index (κ1) is 11.4. The zero-order valence-corrected chi connectivity index (χ0v) is 9.76. The van der Waals surface area contributed by atoms with Gasteiger partial charge in [-0.2, -0.15) is 0 Å². The van der Waals surface area contributed by atoms with Gasteiger partial charge in [0.05, 0.1) is 4.92 Å². The van der Waals surface area contributed by atoms with E-state index in [1.54, 1.807) is 18.2 Å². The van der Waals surface area contributed by atoms with Crippen molar-refractivity contribution in [2.75, 3.05) is 0 Å². The number of nitrogens with zero attached hydrogens (tertiary/aromatic N) is 1. The number of hydrogen-bond donors (Lipinski definition) is 1. The number of rotatable bonds is 2. The predicted molar refractivity (Wildman–Crippen MR) is 70.3 cm³/mol. The lowest BCUT2D eigenvalue weighted by atomic mass is 10.1. The topological polar surface area (TPSA) is 58.9 Å². The highest BCUT2D eigenvalue weighted by atomic mass is 19.1. The number of hydrogen-bond acceptors (Lipinski definition) is 2. The molecule has 1 N–H and O–H groups in total. The number of nitrogens with one attached hydrogen (secondary N) is 1. The standard InChI is InChI=1S/C14H9FN2O2/c15-11-3-1-9(2-4-11)14-8-10-7-12(17(18)19)5-6-13(10)16-14/h1-8,16H. The van der Waals surface area contributed by atoms with Crippen LogP contribution in [0.2, 0.25) is 0 Å². The smallest absolute Gasteiger partial charge is 0.270 e. The van der Waals surface area contributed by atoms with Crippen LogP contribution in [0.1, 0.15) is 0 Å². The van der Waals surface area contributed by atoms with E-state index in [0.717, 1.165) is 22.2 Å². The number of H-pyrrole nitrogens is 1. The van der Waals surface area contributed by atoms with Gasteiger partial charge in [0.25, 0.3) is 5.69 Å². The van der Waals surface area contributed by atoms with Crippen molar-refractivity contribution < 1.29 is 9.31 Å². The largest absolute Gasteiger partial charge is 0.355 e. The second-order valence-corrected chi connectivity index (χ2v) is 4.22. The quantitative estimate of drug-likeness (QED) is 0.558. The van der Waals surface area contributed by atoms with E-state index in [4.69, 9.17) is 0 Å². The molecule has 0 saturated carbocycles. The van der Waals surface area contributed by atoms with Crippen LogP contribution in [0.3, 0.4) is 0 Å². The second kappa shape index (κ2) is 4.20. The molecule has 0 amide bonds. The highest BCUT2D eigenvalue weighted by Gasteiger charge is 2.09. The Kier molecular flexibility index (Phi) is 2.52. The third-order valence-corrected chi connectivity index (χ3v) is 2.97. The van der Waals surface area contributed by atoms with Crippen molar-refractivity contribution >= 4 is 16.6 Å². The van der Waals surface area contributed by atoms with Gasteiger partial charge in [0.2, 0.25) is 0 Å². The van der Waals surface area contributed by atoms with Gasteiger partial charge in [-0.15, -0.1) is 0 Å². The van der Waals surface area contributed by atoms with Gasteiger partial charge >= 0.3 is 0 Å². The summed E-state index contributed by atoms with van der Waals surface area (Å²) in [6.45, 7) is 0. The molecule has 0 radical (unpaired) electrons. The Morgan fingerprint density at radius 3 is 2.47 bits per heavy atom. The Morgan fingerprint density at radius 1 is 1.05 bits per heavy atom. The minimum absolute atomic E-state index is 0.0529. The van der Waals surface area contributed by atoms with Crippen molar-refractivity contribution in [1.29, 1.82) is 0 Å². The number of halogens is 1. The lowest BCUT2D eigenvalue weighted by molar-refractivity contribution is -0.384. The molecule has 19 heavy (non-hydrogen) atoms. The number of nitro groups is 1. The number of nitro benzene ring substituents is 1. The molecule has 0 aliphatic heterocycles. The SMILES string of the molecule is O=[N+]([O-])c1ccc2[nH]c(-c3ccc(F)cc3)cc2c1. The maximum absolute atomic E-state index is 12.9. The average molecular weight is 256 g/mol. The first-order valence-electron chi connectivity index (χ1n) is 5.66. The molecule has 0 aliphatic rings. The molecular formula is C14H9FN2O2. The molecule has 2 aromatic carbocycles. The van der Waals surface area contributed by atoms with Crippen LogP contribution in [0.15, 0.2) is 48.5 Å². The van der Waals surface area contributed by atoms with E-state index < -0.39 is 4.92 Å².